The minimum Gasteiger partial charge on any atom is -1.00 e. The monoisotopic (exact) mass is 233 g/mol. The Hall–Kier alpha value is 0.250. The average molecular weight is 234 g/mol. The first kappa shape index (κ1) is 15.2. The number of rotatable bonds is 6. The average Bonchev–Trinajstić information content (AvgIpc) is 2.21. The van der Waals surface area contributed by atoms with Gasteiger partial charge in [0, 0.05) is 0 Å². The van der Waals surface area contributed by atoms with Crippen LogP contribution in [0.2, 0.25) is 0 Å². The van der Waals surface area contributed by atoms with Crippen LogP contribution >= 0.6 is 0 Å². The van der Waals surface area contributed by atoms with Gasteiger partial charge in [-0.15, -0.1) is 0 Å². The fraction of sp³-hybridized carbons (Fsp3) is 1.00. The van der Waals surface area contributed by atoms with E-state index in [1.807, 2.05) is 4.90 Å². The molecule has 0 aromatic heterocycles. The lowest BCUT2D eigenvalue weighted by molar-refractivity contribution is -0.931. The van der Waals surface area contributed by atoms with Gasteiger partial charge in [-0.2, -0.15) is 0 Å². The highest BCUT2D eigenvalue weighted by Crippen LogP contribution is 2.08. The standard InChI is InChI=1S/C13H27N.ClH/c1-3-5-7-11-14-12-8-6-10-13(14)9-4-2;/h13H,3-12H2,1-2H3;1H. The van der Waals surface area contributed by atoms with Gasteiger partial charge in [-0.1, -0.05) is 26.7 Å². The van der Waals surface area contributed by atoms with E-state index < -0.39 is 0 Å². The maximum Gasteiger partial charge on any atom is 0.0874 e. The highest BCUT2D eigenvalue weighted by molar-refractivity contribution is 4.61. The van der Waals surface area contributed by atoms with E-state index in [9.17, 15) is 0 Å². The summed E-state index contributed by atoms with van der Waals surface area (Å²) >= 11 is 0. The number of nitrogens with one attached hydrogen (secondary N) is 1. The van der Waals surface area contributed by atoms with Crippen molar-refractivity contribution >= 4 is 0 Å². The maximum atomic E-state index is 2.33. The highest BCUT2D eigenvalue weighted by Gasteiger charge is 2.24. The van der Waals surface area contributed by atoms with E-state index in [0.29, 0.717) is 0 Å². The van der Waals surface area contributed by atoms with Crippen LogP contribution < -0.4 is 17.3 Å². The molecule has 1 aliphatic heterocycles. The summed E-state index contributed by atoms with van der Waals surface area (Å²) in [5.74, 6) is 0. The Morgan fingerprint density at radius 2 is 1.87 bits per heavy atom. The van der Waals surface area contributed by atoms with Crippen molar-refractivity contribution < 1.29 is 17.3 Å². The number of likely N-dealkylation sites (tertiary alicyclic amines) is 1. The second-order valence-electron chi connectivity index (χ2n) is 4.85. The second kappa shape index (κ2) is 9.47. The summed E-state index contributed by atoms with van der Waals surface area (Å²) in [4.78, 5) is 1.92. The van der Waals surface area contributed by atoms with Gasteiger partial charge in [0.2, 0.25) is 0 Å². The Labute approximate surface area is 102 Å². The van der Waals surface area contributed by atoms with E-state index in [1.54, 1.807) is 0 Å². The Morgan fingerprint density at radius 1 is 1.07 bits per heavy atom. The molecule has 0 amide bonds. The molecule has 2 atom stereocenters. The van der Waals surface area contributed by atoms with Crippen LogP contribution in [0.1, 0.15) is 65.2 Å². The zero-order chi connectivity index (χ0) is 10.2. The van der Waals surface area contributed by atoms with Crippen LogP contribution in [0.25, 0.3) is 0 Å². The molecule has 1 N–H and O–H groups in total. The molecule has 1 nitrogen and oxygen atoms in total. The molecule has 1 saturated heterocycles. The van der Waals surface area contributed by atoms with Crippen molar-refractivity contribution in [1.29, 1.82) is 0 Å². The van der Waals surface area contributed by atoms with Gasteiger partial charge in [-0.25, -0.2) is 0 Å². The molecular weight excluding hydrogens is 206 g/mol. The fourth-order valence-corrected chi connectivity index (χ4v) is 2.78. The van der Waals surface area contributed by atoms with E-state index >= 15 is 0 Å². The van der Waals surface area contributed by atoms with E-state index in [2.05, 4.69) is 13.8 Å². The number of hydrogen-bond acceptors (Lipinski definition) is 0. The zero-order valence-corrected chi connectivity index (χ0v) is 11.3. The number of unbranched alkanes of at least 4 members (excludes halogenated alkanes) is 2. The molecular formula is C13H28ClN. The van der Waals surface area contributed by atoms with E-state index in [4.69, 9.17) is 0 Å². The van der Waals surface area contributed by atoms with Crippen molar-refractivity contribution in [2.75, 3.05) is 13.1 Å². The molecule has 0 aliphatic carbocycles. The lowest BCUT2D eigenvalue weighted by Gasteiger charge is -2.32. The van der Waals surface area contributed by atoms with E-state index in [0.717, 1.165) is 6.04 Å². The molecule has 0 bridgehead atoms. The van der Waals surface area contributed by atoms with Gasteiger partial charge in [0.15, 0.2) is 0 Å². The van der Waals surface area contributed by atoms with Crippen LogP contribution in [0.3, 0.4) is 0 Å². The molecule has 1 aliphatic rings. The minimum atomic E-state index is 0. The maximum absolute atomic E-state index is 2.33. The molecule has 1 fully saturated rings. The summed E-state index contributed by atoms with van der Waals surface area (Å²) in [6.45, 7) is 7.53. The van der Waals surface area contributed by atoms with Gasteiger partial charge in [-0.05, 0) is 38.5 Å². The van der Waals surface area contributed by atoms with Gasteiger partial charge >= 0.3 is 0 Å². The lowest BCUT2D eigenvalue weighted by atomic mass is 9.98. The van der Waals surface area contributed by atoms with Crippen molar-refractivity contribution in [1.82, 2.24) is 0 Å². The smallest absolute Gasteiger partial charge is 0.0874 e. The van der Waals surface area contributed by atoms with Crippen molar-refractivity contribution in [3.63, 3.8) is 0 Å². The second-order valence-corrected chi connectivity index (χ2v) is 4.85. The van der Waals surface area contributed by atoms with E-state index in [-0.39, 0.29) is 12.4 Å². The van der Waals surface area contributed by atoms with Crippen molar-refractivity contribution in [2.24, 2.45) is 0 Å². The zero-order valence-electron chi connectivity index (χ0n) is 10.5. The van der Waals surface area contributed by atoms with Gasteiger partial charge in [0.25, 0.3) is 0 Å². The minimum absolute atomic E-state index is 0. The van der Waals surface area contributed by atoms with Crippen molar-refractivity contribution in [2.45, 2.75) is 71.3 Å². The first-order chi connectivity index (χ1) is 6.88. The fourth-order valence-electron chi connectivity index (χ4n) is 2.78. The lowest BCUT2D eigenvalue weighted by Crippen LogP contribution is -3.16. The number of hydrogen-bond donors (Lipinski definition) is 1. The van der Waals surface area contributed by atoms with Crippen LogP contribution in [0.5, 0.6) is 0 Å². The molecule has 2 unspecified atom stereocenters. The van der Waals surface area contributed by atoms with Crippen molar-refractivity contribution in [3.05, 3.63) is 0 Å². The molecule has 2 heteroatoms. The Kier molecular flexibility index (Phi) is 9.63. The van der Waals surface area contributed by atoms with Crippen LogP contribution in [0.4, 0.5) is 0 Å². The van der Waals surface area contributed by atoms with Crippen LogP contribution in [0, 0.1) is 0 Å². The molecule has 15 heavy (non-hydrogen) atoms. The molecule has 0 radical (unpaired) electrons. The first-order valence-corrected chi connectivity index (χ1v) is 6.73. The molecule has 1 rings (SSSR count). The predicted molar refractivity (Wildman–Crippen MR) is 62.8 cm³/mol. The predicted octanol–water partition coefficient (Wildman–Crippen LogP) is -0.582. The molecule has 92 valence electrons. The third-order valence-electron chi connectivity index (χ3n) is 3.62. The number of halogens is 1. The summed E-state index contributed by atoms with van der Waals surface area (Å²) in [5.41, 5.74) is 0. The quantitative estimate of drug-likeness (QED) is 0.586. The highest BCUT2D eigenvalue weighted by atomic mass is 35.5. The van der Waals surface area contributed by atoms with Crippen LogP contribution in [0.15, 0.2) is 0 Å². The van der Waals surface area contributed by atoms with Gasteiger partial charge in [0.1, 0.15) is 0 Å². The Bertz CT molecular complexity index is 136. The molecule has 0 aromatic carbocycles. The summed E-state index contributed by atoms with van der Waals surface area (Å²) in [6.07, 6.45) is 11.5. The topological polar surface area (TPSA) is 4.44 Å². The molecule has 0 aromatic rings. The Morgan fingerprint density at radius 3 is 2.53 bits per heavy atom. The first-order valence-electron chi connectivity index (χ1n) is 6.73. The van der Waals surface area contributed by atoms with Crippen LogP contribution in [-0.2, 0) is 0 Å². The number of piperidine rings is 1. The summed E-state index contributed by atoms with van der Waals surface area (Å²) in [7, 11) is 0. The van der Waals surface area contributed by atoms with Gasteiger partial charge < -0.3 is 17.3 Å². The van der Waals surface area contributed by atoms with Crippen LogP contribution in [-0.4, -0.2) is 19.1 Å². The molecule has 1 heterocycles. The molecule has 0 spiro atoms. The number of quaternary nitrogens is 1. The molecule has 0 saturated carbocycles. The largest absolute Gasteiger partial charge is 1.00 e. The normalized spacial score (nSPS) is 26.0. The SMILES string of the molecule is CCCCC[NH+]1CCCCC1CCC.[Cl-]. The van der Waals surface area contributed by atoms with Gasteiger partial charge in [-0.3, -0.25) is 0 Å². The van der Waals surface area contributed by atoms with E-state index in [1.165, 1.54) is 64.5 Å². The summed E-state index contributed by atoms with van der Waals surface area (Å²) in [5, 5.41) is 0. The Balaban J connectivity index is 0.00000196. The van der Waals surface area contributed by atoms with Gasteiger partial charge in [0.05, 0.1) is 19.1 Å². The summed E-state index contributed by atoms with van der Waals surface area (Å²) in [6, 6.07) is 1.01. The third-order valence-corrected chi connectivity index (χ3v) is 3.62. The van der Waals surface area contributed by atoms with Crippen molar-refractivity contribution in [3.8, 4) is 0 Å². The summed E-state index contributed by atoms with van der Waals surface area (Å²) < 4.78 is 0. The third kappa shape index (κ3) is 5.77.